The first-order valence-electron chi connectivity index (χ1n) is 7.57. The molecular formula is C16H23NO2S3. The van der Waals surface area contributed by atoms with Gasteiger partial charge in [0, 0.05) is 22.8 Å². The van der Waals surface area contributed by atoms with Gasteiger partial charge >= 0.3 is 0 Å². The molecule has 0 amide bonds. The van der Waals surface area contributed by atoms with E-state index in [1.54, 1.807) is 27.0 Å². The second-order valence-corrected chi connectivity index (χ2v) is 9.47. The lowest BCUT2D eigenvalue weighted by atomic mass is 10.1. The van der Waals surface area contributed by atoms with Crippen LogP contribution in [0.25, 0.3) is 0 Å². The second-order valence-electron chi connectivity index (χ2n) is 5.39. The largest absolute Gasteiger partial charge is 0.215 e. The molecule has 6 heteroatoms. The van der Waals surface area contributed by atoms with E-state index in [1.807, 2.05) is 35.0 Å². The van der Waals surface area contributed by atoms with E-state index in [9.17, 15) is 8.42 Å². The van der Waals surface area contributed by atoms with Gasteiger partial charge in [-0.15, -0.1) is 22.7 Å². The fourth-order valence-corrected chi connectivity index (χ4v) is 5.88. The first-order chi connectivity index (χ1) is 10.5. The fraction of sp³-hybridized carbons (Fsp3) is 0.500. The molecule has 2 aromatic heterocycles. The van der Waals surface area contributed by atoms with E-state index < -0.39 is 10.0 Å². The zero-order valence-corrected chi connectivity index (χ0v) is 15.5. The van der Waals surface area contributed by atoms with Crippen LogP contribution in [0, 0.1) is 5.92 Å². The molecule has 22 heavy (non-hydrogen) atoms. The lowest BCUT2D eigenvalue weighted by Crippen LogP contribution is -2.34. The van der Waals surface area contributed by atoms with Gasteiger partial charge in [-0.1, -0.05) is 38.8 Å². The highest BCUT2D eigenvalue weighted by Crippen LogP contribution is 2.22. The van der Waals surface area contributed by atoms with Crippen LogP contribution >= 0.6 is 22.7 Å². The van der Waals surface area contributed by atoms with Crippen molar-refractivity contribution in [2.75, 3.05) is 5.75 Å². The van der Waals surface area contributed by atoms with E-state index in [-0.39, 0.29) is 11.7 Å². The fourth-order valence-electron chi connectivity index (χ4n) is 2.33. The molecule has 0 aromatic carbocycles. The summed E-state index contributed by atoms with van der Waals surface area (Å²) in [4.78, 5) is 2.18. The average Bonchev–Trinajstić information content (AvgIpc) is 3.17. The highest BCUT2D eigenvalue weighted by atomic mass is 32.2. The lowest BCUT2D eigenvalue weighted by Gasteiger charge is -2.23. The lowest BCUT2D eigenvalue weighted by molar-refractivity contribution is 0.396. The summed E-state index contributed by atoms with van der Waals surface area (Å²) < 4.78 is 27.3. The Kier molecular flexibility index (Phi) is 6.62. The van der Waals surface area contributed by atoms with Crippen molar-refractivity contribution in [3.8, 4) is 0 Å². The molecule has 0 radical (unpaired) electrons. The summed E-state index contributed by atoms with van der Waals surface area (Å²) in [5.74, 6) is 0.482. The van der Waals surface area contributed by atoms with Gasteiger partial charge in [0.05, 0.1) is 5.75 Å². The van der Waals surface area contributed by atoms with Crippen LogP contribution in [0.5, 0.6) is 0 Å². The van der Waals surface area contributed by atoms with E-state index >= 15 is 0 Å². The molecule has 2 heterocycles. The van der Waals surface area contributed by atoms with Gasteiger partial charge in [-0.2, -0.15) is 4.31 Å². The van der Waals surface area contributed by atoms with Crippen molar-refractivity contribution >= 4 is 32.7 Å². The molecule has 0 aliphatic rings. The summed E-state index contributed by atoms with van der Waals surface area (Å²) in [6.45, 7) is 5.06. The Morgan fingerprint density at radius 2 is 1.50 bits per heavy atom. The third-order valence-electron chi connectivity index (χ3n) is 3.82. The zero-order chi connectivity index (χ0) is 16.0. The summed E-state index contributed by atoms with van der Waals surface area (Å²) in [5.41, 5.74) is 0. The third-order valence-corrected chi connectivity index (χ3v) is 7.48. The Morgan fingerprint density at radius 1 is 1.00 bits per heavy atom. The predicted octanol–water partition coefficient (Wildman–Crippen LogP) is 4.58. The summed E-state index contributed by atoms with van der Waals surface area (Å²) >= 11 is 3.22. The number of rotatable bonds is 9. The van der Waals surface area contributed by atoms with E-state index in [0.29, 0.717) is 13.1 Å². The Balaban J connectivity index is 2.18. The van der Waals surface area contributed by atoms with Gasteiger partial charge < -0.3 is 0 Å². The first-order valence-corrected chi connectivity index (χ1v) is 10.9. The Bertz CT molecular complexity index is 593. The topological polar surface area (TPSA) is 37.4 Å². The predicted molar refractivity (Wildman–Crippen MR) is 95.7 cm³/mol. The third kappa shape index (κ3) is 4.91. The second kappa shape index (κ2) is 8.24. The molecule has 0 N–H and O–H groups in total. The number of hydrogen-bond donors (Lipinski definition) is 0. The standard InChI is InChI=1S/C16H23NO2S3/c1-3-14(4-2)13-22(18,19)17(11-15-7-5-9-20-15)12-16-8-6-10-21-16/h5-10,14H,3-4,11-13H2,1-2H3. The van der Waals surface area contributed by atoms with Crippen molar-refractivity contribution in [2.45, 2.75) is 39.8 Å². The molecule has 0 saturated heterocycles. The molecule has 0 aliphatic heterocycles. The van der Waals surface area contributed by atoms with E-state index in [4.69, 9.17) is 0 Å². The molecule has 2 aromatic rings. The summed E-state index contributed by atoms with van der Waals surface area (Å²) in [5, 5.41) is 3.98. The average molecular weight is 358 g/mol. The molecule has 0 aliphatic carbocycles. The number of nitrogens with zero attached hydrogens (tertiary/aromatic N) is 1. The van der Waals surface area contributed by atoms with Gasteiger partial charge in [-0.05, 0) is 28.8 Å². The van der Waals surface area contributed by atoms with Crippen molar-refractivity contribution < 1.29 is 8.42 Å². The molecule has 122 valence electrons. The minimum Gasteiger partial charge on any atom is -0.212 e. The molecular weight excluding hydrogens is 334 g/mol. The molecule has 0 atom stereocenters. The highest BCUT2D eigenvalue weighted by Gasteiger charge is 2.26. The first kappa shape index (κ1) is 17.7. The van der Waals surface area contributed by atoms with Gasteiger partial charge in [0.15, 0.2) is 0 Å². The number of sulfonamides is 1. The molecule has 0 spiro atoms. The monoisotopic (exact) mass is 357 g/mol. The maximum absolute atomic E-state index is 12.8. The van der Waals surface area contributed by atoms with Crippen LogP contribution in [0.15, 0.2) is 35.0 Å². The molecule has 3 nitrogen and oxygen atoms in total. The summed E-state index contributed by atoms with van der Waals surface area (Å²) in [7, 11) is -3.25. The zero-order valence-electron chi connectivity index (χ0n) is 13.1. The van der Waals surface area contributed by atoms with Gasteiger partial charge in [0.1, 0.15) is 0 Å². The van der Waals surface area contributed by atoms with Crippen molar-refractivity contribution in [2.24, 2.45) is 5.92 Å². The van der Waals surface area contributed by atoms with Crippen LogP contribution in [0.1, 0.15) is 36.4 Å². The van der Waals surface area contributed by atoms with Gasteiger partial charge in [-0.3, -0.25) is 0 Å². The normalized spacial score (nSPS) is 12.4. The summed E-state index contributed by atoms with van der Waals surface area (Å²) in [6.07, 6.45) is 1.81. The van der Waals surface area contributed by atoms with E-state index in [0.717, 1.165) is 22.6 Å². The van der Waals surface area contributed by atoms with Crippen LogP contribution in [0.3, 0.4) is 0 Å². The van der Waals surface area contributed by atoms with Crippen LogP contribution in [0.4, 0.5) is 0 Å². The smallest absolute Gasteiger partial charge is 0.212 e. The number of hydrogen-bond acceptors (Lipinski definition) is 4. The molecule has 0 unspecified atom stereocenters. The molecule has 0 fully saturated rings. The van der Waals surface area contributed by atoms with Crippen LogP contribution in [0.2, 0.25) is 0 Å². The van der Waals surface area contributed by atoms with Crippen molar-refractivity contribution in [3.05, 3.63) is 44.8 Å². The van der Waals surface area contributed by atoms with Gasteiger partial charge in [0.2, 0.25) is 10.0 Å². The van der Waals surface area contributed by atoms with Crippen molar-refractivity contribution in [1.29, 1.82) is 0 Å². The van der Waals surface area contributed by atoms with Crippen LogP contribution in [-0.4, -0.2) is 18.5 Å². The van der Waals surface area contributed by atoms with Crippen molar-refractivity contribution in [1.82, 2.24) is 4.31 Å². The quantitative estimate of drug-likeness (QED) is 0.659. The minimum atomic E-state index is -3.25. The molecule has 0 bridgehead atoms. The molecule has 0 saturated carbocycles. The van der Waals surface area contributed by atoms with Gasteiger partial charge in [-0.25, -0.2) is 8.42 Å². The SMILES string of the molecule is CCC(CC)CS(=O)(=O)N(Cc1cccs1)Cc1cccs1. The Labute approximate surface area is 141 Å². The van der Waals surface area contributed by atoms with Gasteiger partial charge in [0.25, 0.3) is 0 Å². The molecule has 2 rings (SSSR count). The van der Waals surface area contributed by atoms with E-state index in [1.165, 1.54) is 0 Å². The Hall–Kier alpha value is -0.690. The Morgan fingerprint density at radius 3 is 1.86 bits per heavy atom. The minimum absolute atomic E-state index is 0.235. The highest BCUT2D eigenvalue weighted by molar-refractivity contribution is 7.89. The van der Waals surface area contributed by atoms with E-state index in [2.05, 4.69) is 13.8 Å². The summed E-state index contributed by atoms with van der Waals surface area (Å²) in [6, 6.07) is 7.94. The van der Waals surface area contributed by atoms with Crippen LogP contribution in [-0.2, 0) is 23.1 Å². The number of thiophene rings is 2. The van der Waals surface area contributed by atoms with Crippen molar-refractivity contribution in [3.63, 3.8) is 0 Å². The maximum Gasteiger partial charge on any atom is 0.215 e. The van der Waals surface area contributed by atoms with Crippen LogP contribution < -0.4 is 0 Å². The maximum atomic E-state index is 12.8.